The van der Waals surface area contributed by atoms with Gasteiger partial charge in [0.05, 0.1) is 0 Å². The average Bonchev–Trinajstić information content (AvgIpc) is 2.22. The molecule has 16 heavy (non-hydrogen) atoms. The number of hydrogen-bond donors (Lipinski definition) is 2. The van der Waals surface area contributed by atoms with E-state index in [0.717, 1.165) is 24.9 Å². The Kier molecular flexibility index (Phi) is 3.56. The molecule has 2 N–H and O–H groups in total. The number of nitrogens with one attached hydrogen (secondary N) is 1. The van der Waals surface area contributed by atoms with Crippen molar-refractivity contribution in [3.05, 3.63) is 35.6 Å². The Hall–Kier alpha value is -0.930. The third-order valence-corrected chi connectivity index (χ3v) is 3.47. The molecular formula is C13H18FNO. The number of aliphatic hydroxyl groups excluding tert-OH is 1. The van der Waals surface area contributed by atoms with Crippen LogP contribution in [0.15, 0.2) is 24.3 Å². The molecule has 0 bridgehead atoms. The van der Waals surface area contributed by atoms with E-state index in [1.807, 2.05) is 6.07 Å². The van der Waals surface area contributed by atoms with Crippen LogP contribution in [0.2, 0.25) is 0 Å². The van der Waals surface area contributed by atoms with Gasteiger partial charge in [0, 0.05) is 25.1 Å². The fourth-order valence-corrected chi connectivity index (χ4v) is 2.19. The maximum Gasteiger partial charge on any atom is 0.123 e. The lowest BCUT2D eigenvalue weighted by molar-refractivity contribution is 0.0445. The minimum Gasteiger partial charge on any atom is -0.396 e. The van der Waals surface area contributed by atoms with Crippen LogP contribution in [0.25, 0.3) is 0 Å². The van der Waals surface area contributed by atoms with Gasteiger partial charge in [-0.1, -0.05) is 18.6 Å². The van der Waals surface area contributed by atoms with Gasteiger partial charge in [0.2, 0.25) is 0 Å². The average molecular weight is 223 g/mol. The predicted molar refractivity (Wildman–Crippen MR) is 61.5 cm³/mol. The standard InChI is InChI=1S/C13H18FNO/c14-12-4-1-3-11(7-12)8-15-9-13(10-16)5-2-6-13/h1,3-4,7,15-16H,2,5-6,8-10H2. The highest BCUT2D eigenvalue weighted by atomic mass is 19.1. The van der Waals surface area contributed by atoms with Gasteiger partial charge in [0.15, 0.2) is 0 Å². The zero-order valence-corrected chi connectivity index (χ0v) is 9.38. The largest absolute Gasteiger partial charge is 0.396 e. The fraction of sp³-hybridized carbons (Fsp3) is 0.538. The van der Waals surface area contributed by atoms with Crippen molar-refractivity contribution < 1.29 is 9.50 Å². The summed E-state index contributed by atoms with van der Waals surface area (Å²) in [6.45, 7) is 1.74. The highest BCUT2D eigenvalue weighted by Crippen LogP contribution is 2.39. The second-order valence-electron chi connectivity index (χ2n) is 4.75. The molecule has 1 saturated carbocycles. The Balaban J connectivity index is 1.79. The molecule has 1 fully saturated rings. The molecule has 0 amide bonds. The Morgan fingerprint density at radius 1 is 1.38 bits per heavy atom. The van der Waals surface area contributed by atoms with E-state index < -0.39 is 0 Å². The van der Waals surface area contributed by atoms with E-state index in [1.54, 1.807) is 12.1 Å². The quantitative estimate of drug-likeness (QED) is 0.801. The molecule has 1 aliphatic rings. The summed E-state index contributed by atoms with van der Waals surface area (Å²) >= 11 is 0. The highest BCUT2D eigenvalue weighted by Gasteiger charge is 2.35. The summed E-state index contributed by atoms with van der Waals surface area (Å²) in [6, 6.07) is 6.62. The molecule has 0 heterocycles. The first-order chi connectivity index (χ1) is 7.74. The van der Waals surface area contributed by atoms with Gasteiger partial charge in [-0.3, -0.25) is 0 Å². The van der Waals surface area contributed by atoms with Gasteiger partial charge in [-0.25, -0.2) is 4.39 Å². The van der Waals surface area contributed by atoms with Gasteiger partial charge < -0.3 is 10.4 Å². The Labute approximate surface area is 95.5 Å². The smallest absolute Gasteiger partial charge is 0.123 e. The maximum absolute atomic E-state index is 12.9. The van der Waals surface area contributed by atoms with Crippen molar-refractivity contribution in [3.63, 3.8) is 0 Å². The molecule has 2 rings (SSSR count). The van der Waals surface area contributed by atoms with Crippen LogP contribution in [0.5, 0.6) is 0 Å². The minimum absolute atomic E-state index is 0.0906. The van der Waals surface area contributed by atoms with Crippen molar-refractivity contribution in [2.75, 3.05) is 13.2 Å². The molecule has 0 aliphatic heterocycles. The zero-order chi connectivity index (χ0) is 11.4. The Morgan fingerprint density at radius 2 is 2.19 bits per heavy atom. The molecule has 0 atom stereocenters. The van der Waals surface area contributed by atoms with Crippen LogP contribution < -0.4 is 5.32 Å². The molecule has 0 unspecified atom stereocenters. The maximum atomic E-state index is 12.9. The molecule has 1 aromatic carbocycles. The van der Waals surface area contributed by atoms with Crippen molar-refractivity contribution in [1.29, 1.82) is 0 Å². The van der Waals surface area contributed by atoms with Gasteiger partial charge in [-0.2, -0.15) is 0 Å². The zero-order valence-electron chi connectivity index (χ0n) is 9.38. The highest BCUT2D eigenvalue weighted by molar-refractivity contribution is 5.16. The lowest BCUT2D eigenvalue weighted by atomic mass is 9.69. The van der Waals surface area contributed by atoms with Gasteiger partial charge in [-0.15, -0.1) is 0 Å². The van der Waals surface area contributed by atoms with Gasteiger partial charge in [-0.05, 0) is 30.5 Å². The van der Waals surface area contributed by atoms with E-state index in [1.165, 1.54) is 12.5 Å². The number of rotatable bonds is 5. The SMILES string of the molecule is OCC1(CNCc2cccc(F)c2)CCC1. The van der Waals surface area contributed by atoms with Crippen molar-refractivity contribution in [2.24, 2.45) is 5.41 Å². The van der Waals surface area contributed by atoms with Gasteiger partial charge in [0.1, 0.15) is 5.82 Å². The molecule has 1 aliphatic carbocycles. The fourth-order valence-electron chi connectivity index (χ4n) is 2.19. The summed E-state index contributed by atoms with van der Waals surface area (Å²) in [7, 11) is 0. The van der Waals surface area contributed by atoms with Crippen LogP contribution in [-0.4, -0.2) is 18.3 Å². The van der Waals surface area contributed by atoms with Crippen molar-refractivity contribution in [2.45, 2.75) is 25.8 Å². The topological polar surface area (TPSA) is 32.3 Å². The molecule has 0 spiro atoms. The second kappa shape index (κ2) is 4.93. The number of benzene rings is 1. The number of halogens is 1. The lowest BCUT2D eigenvalue weighted by Gasteiger charge is -2.40. The first kappa shape index (κ1) is 11.6. The van der Waals surface area contributed by atoms with E-state index in [0.29, 0.717) is 6.54 Å². The van der Waals surface area contributed by atoms with E-state index in [4.69, 9.17) is 0 Å². The van der Waals surface area contributed by atoms with Crippen molar-refractivity contribution >= 4 is 0 Å². The third-order valence-electron chi connectivity index (χ3n) is 3.47. The first-order valence-corrected chi connectivity index (χ1v) is 5.80. The van der Waals surface area contributed by atoms with Crippen LogP contribution in [-0.2, 0) is 6.54 Å². The second-order valence-corrected chi connectivity index (χ2v) is 4.75. The molecule has 3 heteroatoms. The summed E-state index contributed by atoms with van der Waals surface area (Å²) in [5.41, 5.74) is 1.04. The third kappa shape index (κ3) is 2.60. The minimum atomic E-state index is -0.195. The molecule has 88 valence electrons. The molecule has 0 saturated heterocycles. The summed E-state index contributed by atoms with van der Waals surface area (Å²) < 4.78 is 12.9. The molecule has 0 radical (unpaired) electrons. The van der Waals surface area contributed by atoms with Crippen molar-refractivity contribution in [1.82, 2.24) is 5.32 Å². The summed E-state index contributed by atoms with van der Waals surface area (Å²) in [4.78, 5) is 0. The summed E-state index contributed by atoms with van der Waals surface area (Å²) in [5.74, 6) is -0.195. The summed E-state index contributed by atoms with van der Waals surface area (Å²) in [5, 5.41) is 12.6. The van der Waals surface area contributed by atoms with Crippen LogP contribution in [0.4, 0.5) is 4.39 Å². The van der Waals surface area contributed by atoms with Crippen LogP contribution >= 0.6 is 0 Å². The normalized spacial score (nSPS) is 18.1. The lowest BCUT2D eigenvalue weighted by Crippen LogP contribution is -2.42. The number of hydrogen-bond acceptors (Lipinski definition) is 2. The Bertz CT molecular complexity index is 344. The van der Waals surface area contributed by atoms with Gasteiger partial charge >= 0.3 is 0 Å². The summed E-state index contributed by atoms with van der Waals surface area (Å²) in [6.07, 6.45) is 3.40. The molecule has 2 nitrogen and oxygen atoms in total. The van der Waals surface area contributed by atoms with Crippen LogP contribution in [0, 0.1) is 11.2 Å². The number of aliphatic hydroxyl groups is 1. The monoisotopic (exact) mass is 223 g/mol. The van der Waals surface area contributed by atoms with E-state index >= 15 is 0 Å². The first-order valence-electron chi connectivity index (χ1n) is 5.80. The van der Waals surface area contributed by atoms with E-state index in [2.05, 4.69) is 5.32 Å². The predicted octanol–water partition coefficient (Wildman–Crippen LogP) is 2.08. The molecule has 1 aromatic rings. The molecular weight excluding hydrogens is 205 g/mol. The van der Waals surface area contributed by atoms with Gasteiger partial charge in [0.25, 0.3) is 0 Å². The van der Waals surface area contributed by atoms with E-state index in [9.17, 15) is 9.50 Å². The van der Waals surface area contributed by atoms with Crippen molar-refractivity contribution in [3.8, 4) is 0 Å². The molecule has 0 aromatic heterocycles. The van der Waals surface area contributed by atoms with Crippen LogP contribution in [0.3, 0.4) is 0 Å². The van der Waals surface area contributed by atoms with E-state index in [-0.39, 0.29) is 17.8 Å². The van der Waals surface area contributed by atoms with Crippen LogP contribution in [0.1, 0.15) is 24.8 Å². The Morgan fingerprint density at radius 3 is 2.75 bits per heavy atom.